The van der Waals surface area contributed by atoms with Crippen LogP contribution in [0.5, 0.6) is 11.5 Å². The van der Waals surface area contributed by atoms with Gasteiger partial charge in [0, 0.05) is 28.5 Å². The summed E-state index contributed by atoms with van der Waals surface area (Å²) in [6.07, 6.45) is 3.45. The van der Waals surface area contributed by atoms with Crippen molar-refractivity contribution in [2.24, 2.45) is 0 Å². The highest BCUT2D eigenvalue weighted by Gasteiger charge is 2.16. The van der Waals surface area contributed by atoms with Crippen molar-refractivity contribution in [1.29, 1.82) is 0 Å². The Morgan fingerprint density at radius 1 is 1.28 bits per heavy atom. The van der Waals surface area contributed by atoms with Crippen LogP contribution >= 0.6 is 0 Å². The van der Waals surface area contributed by atoms with Crippen LogP contribution in [0.2, 0.25) is 0 Å². The minimum atomic E-state index is -0.326. The van der Waals surface area contributed by atoms with Gasteiger partial charge in [-0.05, 0) is 31.2 Å². The fourth-order valence-electron chi connectivity index (χ4n) is 2.68. The van der Waals surface area contributed by atoms with Crippen molar-refractivity contribution in [2.75, 3.05) is 7.11 Å². The number of ether oxygens (including phenoxy) is 1. The molecule has 1 heterocycles. The smallest absolute Gasteiger partial charge is 0.251 e. The molecule has 1 atom stereocenters. The molecular formula is C19H19N3O3. The van der Waals surface area contributed by atoms with E-state index in [0.717, 1.165) is 11.1 Å². The number of aromatic hydroxyl groups is 1. The molecule has 0 aliphatic rings. The number of methoxy groups -OCH3 is 1. The van der Waals surface area contributed by atoms with Crippen molar-refractivity contribution in [3.05, 3.63) is 66.0 Å². The van der Waals surface area contributed by atoms with E-state index in [0.29, 0.717) is 16.9 Å². The highest BCUT2D eigenvalue weighted by molar-refractivity contribution is 5.95. The summed E-state index contributed by atoms with van der Waals surface area (Å²) in [6, 6.07) is 11.9. The number of nitrogens with zero attached hydrogens (tertiary/aromatic N) is 1. The number of phenols is 1. The molecule has 0 aliphatic heterocycles. The molecule has 0 radical (unpaired) electrons. The number of rotatable bonds is 5. The standard InChI is InChI=1S/C19H19N3O3/c1-12(15-5-3-4-6-17(15)23)22-19(24)13-7-8-16(18(9-13)25-2)14-10-20-21-11-14/h3-12,23H,1-2H3,(H,20,21)(H,22,24). The number of nitrogens with one attached hydrogen (secondary N) is 2. The summed E-state index contributed by atoms with van der Waals surface area (Å²) in [5.41, 5.74) is 2.87. The van der Waals surface area contributed by atoms with Crippen molar-refractivity contribution in [3.8, 4) is 22.6 Å². The first kappa shape index (κ1) is 16.6. The van der Waals surface area contributed by atoms with Gasteiger partial charge < -0.3 is 15.2 Å². The lowest BCUT2D eigenvalue weighted by atomic mass is 10.0. The molecule has 0 aliphatic carbocycles. The number of carbonyl (C=O) groups excluding carboxylic acids is 1. The first-order chi connectivity index (χ1) is 12.1. The second kappa shape index (κ2) is 7.09. The summed E-state index contributed by atoms with van der Waals surface area (Å²) >= 11 is 0. The molecule has 0 bridgehead atoms. The normalized spacial score (nSPS) is 11.8. The SMILES string of the molecule is COc1cc(C(=O)NC(C)c2ccccc2O)ccc1-c1cn[nH]c1. The highest BCUT2D eigenvalue weighted by Crippen LogP contribution is 2.30. The van der Waals surface area contributed by atoms with Crippen molar-refractivity contribution < 1.29 is 14.6 Å². The van der Waals surface area contributed by atoms with Crippen LogP contribution in [0, 0.1) is 0 Å². The molecule has 1 amide bonds. The van der Waals surface area contributed by atoms with Gasteiger partial charge in [0.05, 0.1) is 19.3 Å². The number of H-pyrrole nitrogens is 1. The van der Waals surface area contributed by atoms with Gasteiger partial charge in [-0.1, -0.05) is 18.2 Å². The van der Waals surface area contributed by atoms with Crippen LogP contribution in [0.4, 0.5) is 0 Å². The van der Waals surface area contributed by atoms with Crippen LogP contribution in [0.25, 0.3) is 11.1 Å². The predicted octanol–water partition coefficient (Wildman–Crippen LogP) is 3.28. The molecule has 1 unspecified atom stereocenters. The molecule has 2 aromatic carbocycles. The van der Waals surface area contributed by atoms with E-state index >= 15 is 0 Å². The Labute approximate surface area is 145 Å². The van der Waals surface area contributed by atoms with E-state index < -0.39 is 0 Å². The van der Waals surface area contributed by atoms with Crippen LogP contribution in [0.1, 0.15) is 28.9 Å². The van der Waals surface area contributed by atoms with Crippen molar-refractivity contribution >= 4 is 5.91 Å². The van der Waals surface area contributed by atoms with Gasteiger partial charge in [0.2, 0.25) is 0 Å². The second-order valence-corrected chi connectivity index (χ2v) is 5.66. The largest absolute Gasteiger partial charge is 0.508 e. The number of hydrogen-bond donors (Lipinski definition) is 3. The number of aromatic nitrogens is 2. The second-order valence-electron chi connectivity index (χ2n) is 5.66. The summed E-state index contributed by atoms with van der Waals surface area (Å²) < 4.78 is 5.41. The summed E-state index contributed by atoms with van der Waals surface area (Å²) in [6.45, 7) is 1.82. The molecule has 6 nitrogen and oxygen atoms in total. The van der Waals surface area contributed by atoms with Gasteiger partial charge >= 0.3 is 0 Å². The van der Waals surface area contributed by atoms with E-state index in [-0.39, 0.29) is 17.7 Å². The lowest BCUT2D eigenvalue weighted by Gasteiger charge is -2.16. The molecular weight excluding hydrogens is 318 g/mol. The number of amides is 1. The van der Waals surface area contributed by atoms with E-state index in [1.165, 1.54) is 0 Å². The van der Waals surface area contributed by atoms with Gasteiger partial charge in [-0.25, -0.2) is 0 Å². The van der Waals surface area contributed by atoms with Gasteiger partial charge in [-0.15, -0.1) is 0 Å². The predicted molar refractivity (Wildman–Crippen MR) is 94.6 cm³/mol. The molecule has 128 valence electrons. The number of phenolic OH excluding ortho intramolecular Hbond substituents is 1. The molecule has 3 aromatic rings. The number of para-hydroxylation sites is 1. The molecule has 3 rings (SSSR count). The molecule has 1 aromatic heterocycles. The fourth-order valence-corrected chi connectivity index (χ4v) is 2.68. The molecule has 3 N–H and O–H groups in total. The zero-order valence-corrected chi connectivity index (χ0v) is 14.0. The molecule has 25 heavy (non-hydrogen) atoms. The Morgan fingerprint density at radius 3 is 2.76 bits per heavy atom. The topological polar surface area (TPSA) is 87.2 Å². The third kappa shape index (κ3) is 3.47. The molecule has 0 spiro atoms. The van der Waals surface area contributed by atoms with Gasteiger partial charge in [0.25, 0.3) is 5.91 Å². The first-order valence-electron chi connectivity index (χ1n) is 7.86. The Balaban J connectivity index is 1.82. The lowest BCUT2D eigenvalue weighted by molar-refractivity contribution is 0.0939. The molecule has 0 fully saturated rings. The Bertz CT molecular complexity index is 875. The number of aromatic amines is 1. The molecule has 0 saturated carbocycles. The van der Waals surface area contributed by atoms with Crippen LogP contribution in [0.15, 0.2) is 54.9 Å². The Kier molecular flexibility index (Phi) is 4.70. The lowest BCUT2D eigenvalue weighted by Crippen LogP contribution is -2.26. The maximum atomic E-state index is 12.5. The van der Waals surface area contributed by atoms with Gasteiger partial charge in [0.1, 0.15) is 11.5 Å². The van der Waals surface area contributed by atoms with E-state index in [1.807, 2.05) is 19.1 Å². The van der Waals surface area contributed by atoms with Crippen molar-refractivity contribution in [2.45, 2.75) is 13.0 Å². The van der Waals surface area contributed by atoms with E-state index in [9.17, 15) is 9.90 Å². The van der Waals surface area contributed by atoms with Crippen LogP contribution in [0.3, 0.4) is 0 Å². The summed E-state index contributed by atoms with van der Waals surface area (Å²) in [5, 5.41) is 19.5. The number of carbonyl (C=O) groups is 1. The van der Waals surface area contributed by atoms with Gasteiger partial charge in [0.15, 0.2) is 0 Å². The quantitative estimate of drug-likeness (QED) is 0.667. The monoisotopic (exact) mass is 337 g/mol. The Morgan fingerprint density at radius 2 is 2.08 bits per heavy atom. The number of benzene rings is 2. The maximum absolute atomic E-state index is 12.5. The Hall–Kier alpha value is -3.28. The van der Waals surface area contributed by atoms with Gasteiger partial charge in [-0.3, -0.25) is 9.89 Å². The third-order valence-electron chi connectivity index (χ3n) is 4.02. The number of hydrogen-bond acceptors (Lipinski definition) is 4. The van der Waals surface area contributed by atoms with E-state index in [4.69, 9.17) is 4.74 Å². The van der Waals surface area contributed by atoms with E-state index in [1.54, 1.807) is 49.8 Å². The summed E-state index contributed by atoms with van der Waals surface area (Å²) in [7, 11) is 1.56. The molecule has 0 saturated heterocycles. The summed E-state index contributed by atoms with van der Waals surface area (Å²) in [5.74, 6) is 0.500. The minimum Gasteiger partial charge on any atom is -0.508 e. The maximum Gasteiger partial charge on any atom is 0.251 e. The third-order valence-corrected chi connectivity index (χ3v) is 4.02. The zero-order valence-electron chi connectivity index (χ0n) is 14.0. The van der Waals surface area contributed by atoms with Crippen LogP contribution in [-0.4, -0.2) is 28.3 Å². The average molecular weight is 337 g/mol. The van der Waals surface area contributed by atoms with Crippen molar-refractivity contribution in [3.63, 3.8) is 0 Å². The van der Waals surface area contributed by atoms with Crippen molar-refractivity contribution in [1.82, 2.24) is 15.5 Å². The minimum absolute atomic E-state index is 0.156. The zero-order chi connectivity index (χ0) is 17.8. The highest BCUT2D eigenvalue weighted by atomic mass is 16.5. The fraction of sp³-hybridized carbons (Fsp3) is 0.158. The average Bonchev–Trinajstić information content (AvgIpc) is 3.15. The summed E-state index contributed by atoms with van der Waals surface area (Å²) in [4.78, 5) is 12.5. The van der Waals surface area contributed by atoms with Gasteiger partial charge in [-0.2, -0.15) is 5.10 Å². The van der Waals surface area contributed by atoms with Crippen LogP contribution in [-0.2, 0) is 0 Å². The molecule has 6 heteroatoms. The first-order valence-corrected chi connectivity index (χ1v) is 7.86. The van der Waals surface area contributed by atoms with E-state index in [2.05, 4.69) is 15.5 Å². The van der Waals surface area contributed by atoms with Crippen LogP contribution < -0.4 is 10.1 Å².